The summed E-state index contributed by atoms with van der Waals surface area (Å²) in [6.45, 7) is 2.31. The Morgan fingerprint density at radius 2 is 1.32 bits per heavy atom. The van der Waals surface area contributed by atoms with Crippen LogP contribution >= 0.6 is 0 Å². The molecule has 2 aliphatic rings. The Bertz CT molecular complexity index is 2080. The average Bonchev–Trinajstić information content (AvgIpc) is 3.45. The van der Waals surface area contributed by atoms with Crippen LogP contribution in [0.15, 0.2) is 109 Å². The topological polar surface area (TPSA) is 19.1 Å². The van der Waals surface area contributed by atoms with Crippen molar-refractivity contribution in [2.75, 3.05) is 0 Å². The van der Waals surface area contributed by atoms with Crippen molar-refractivity contribution < 1.29 is 4.74 Å². The van der Waals surface area contributed by atoms with Crippen LogP contribution in [0.1, 0.15) is 5.56 Å². The van der Waals surface area contributed by atoms with Crippen LogP contribution in [0.2, 0.25) is 0 Å². The van der Waals surface area contributed by atoms with E-state index in [4.69, 9.17) is 4.74 Å². The second-order valence-electron chi connectivity index (χ2n) is 10.2. The molecule has 4 heteroatoms. The third-order valence-corrected chi connectivity index (χ3v) is 8.19. The number of hydrogen-bond acceptors (Lipinski definition) is 1. The average molecular weight is 472 g/mol. The van der Waals surface area contributed by atoms with Gasteiger partial charge in [-0.1, -0.05) is 72.8 Å². The molecule has 172 valence electrons. The van der Waals surface area contributed by atoms with Gasteiger partial charge in [-0.15, -0.1) is 0 Å². The third kappa shape index (κ3) is 2.33. The van der Waals surface area contributed by atoms with Crippen molar-refractivity contribution in [3.63, 3.8) is 0 Å². The van der Waals surface area contributed by atoms with Gasteiger partial charge >= 0.3 is 0 Å². The van der Waals surface area contributed by atoms with Crippen molar-refractivity contribution >= 4 is 55.9 Å². The quantitative estimate of drug-likeness (QED) is 0.270. The first-order valence-electron chi connectivity index (χ1n) is 12.8. The van der Waals surface area contributed by atoms with E-state index in [2.05, 4.69) is 125 Å². The number of ether oxygens (including phenoxy) is 1. The minimum Gasteiger partial charge on any atom is -0.458 e. The standard InChI is InChI=1S/C33H21BN2O/c1-20-18-27-30-29(19-20)37-28-17-8-6-14-24(28)34(30)25-15-9-13-23-31(25)36(27)32-22-12-5-7-16-26(22)35(33(23)32)21-10-3-2-4-11-21/h2-19H,1H3. The van der Waals surface area contributed by atoms with E-state index in [9.17, 15) is 0 Å². The predicted octanol–water partition coefficient (Wildman–Crippen LogP) is 5.97. The van der Waals surface area contributed by atoms with Gasteiger partial charge in [0.1, 0.15) is 11.5 Å². The van der Waals surface area contributed by atoms with Crippen molar-refractivity contribution in [1.29, 1.82) is 0 Å². The van der Waals surface area contributed by atoms with E-state index < -0.39 is 0 Å². The summed E-state index contributed by atoms with van der Waals surface area (Å²) in [5.41, 5.74) is 12.5. The second kappa shape index (κ2) is 6.74. The van der Waals surface area contributed by atoms with Gasteiger partial charge in [0.2, 0.25) is 0 Å². The Hall–Kier alpha value is -4.70. The fourth-order valence-electron chi connectivity index (χ4n) is 6.84. The van der Waals surface area contributed by atoms with Crippen molar-refractivity contribution in [2.45, 2.75) is 6.92 Å². The summed E-state index contributed by atoms with van der Waals surface area (Å²) >= 11 is 0. The van der Waals surface area contributed by atoms with Crippen LogP contribution < -0.4 is 21.1 Å². The number of fused-ring (bicyclic) bond motifs is 9. The molecule has 3 nitrogen and oxygen atoms in total. The van der Waals surface area contributed by atoms with Gasteiger partial charge in [0, 0.05) is 22.1 Å². The van der Waals surface area contributed by atoms with Crippen molar-refractivity contribution in [3.05, 3.63) is 115 Å². The molecule has 0 radical (unpaired) electrons. The second-order valence-corrected chi connectivity index (χ2v) is 10.2. The largest absolute Gasteiger partial charge is 0.458 e. The number of aryl methyl sites for hydroxylation is 1. The minimum absolute atomic E-state index is 0.141. The highest BCUT2D eigenvalue weighted by molar-refractivity contribution is 6.99. The maximum atomic E-state index is 6.55. The van der Waals surface area contributed by atoms with E-state index in [1.54, 1.807) is 0 Å². The van der Waals surface area contributed by atoms with Crippen LogP contribution in [0.25, 0.3) is 44.2 Å². The van der Waals surface area contributed by atoms with Gasteiger partial charge in [0.05, 0.1) is 22.1 Å². The summed E-state index contributed by atoms with van der Waals surface area (Å²) in [6, 6.07) is 39.4. The molecule has 2 aromatic heterocycles. The highest BCUT2D eigenvalue weighted by Gasteiger charge is 2.41. The lowest BCUT2D eigenvalue weighted by Crippen LogP contribution is -2.58. The molecule has 37 heavy (non-hydrogen) atoms. The Kier molecular flexibility index (Phi) is 3.55. The van der Waals surface area contributed by atoms with Gasteiger partial charge in [-0.25, -0.2) is 0 Å². The lowest BCUT2D eigenvalue weighted by molar-refractivity contribution is 0.487. The van der Waals surface area contributed by atoms with Crippen molar-refractivity contribution in [3.8, 4) is 22.9 Å². The van der Waals surface area contributed by atoms with E-state index in [-0.39, 0.29) is 6.71 Å². The van der Waals surface area contributed by atoms with Crippen molar-refractivity contribution in [1.82, 2.24) is 9.13 Å². The molecule has 0 fully saturated rings. The molecule has 0 atom stereocenters. The number of nitrogens with zero attached hydrogens (tertiary/aromatic N) is 2. The van der Waals surface area contributed by atoms with E-state index in [1.165, 1.54) is 66.2 Å². The highest BCUT2D eigenvalue weighted by atomic mass is 16.5. The van der Waals surface area contributed by atoms with E-state index in [0.29, 0.717) is 0 Å². The summed E-state index contributed by atoms with van der Waals surface area (Å²) in [6.07, 6.45) is 0. The summed E-state index contributed by atoms with van der Waals surface area (Å²) < 4.78 is 11.5. The molecule has 2 aliphatic heterocycles. The molecular weight excluding hydrogens is 451 g/mol. The van der Waals surface area contributed by atoms with Gasteiger partial charge < -0.3 is 13.9 Å². The number of benzene rings is 5. The van der Waals surface area contributed by atoms with Crippen LogP contribution in [0.5, 0.6) is 11.5 Å². The SMILES string of the molecule is Cc1cc2c3c(c1)-n1c4c(cccc4c4c1c1ccccc1n4-c1ccccc1)B3c1ccccc1O2. The van der Waals surface area contributed by atoms with Gasteiger partial charge in [-0.3, -0.25) is 0 Å². The monoisotopic (exact) mass is 472 g/mol. The zero-order valence-electron chi connectivity index (χ0n) is 20.3. The van der Waals surface area contributed by atoms with Crippen LogP contribution in [-0.2, 0) is 0 Å². The van der Waals surface area contributed by atoms with Gasteiger partial charge in [0.25, 0.3) is 6.71 Å². The molecule has 0 bridgehead atoms. The maximum Gasteiger partial charge on any atom is 0.256 e. The van der Waals surface area contributed by atoms with Gasteiger partial charge in [-0.2, -0.15) is 0 Å². The van der Waals surface area contributed by atoms with Crippen molar-refractivity contribution in [2.24, 2.45) is 0 Å². The normalized spacial score (nSPS) is 13.2. The molecule has 0 N–H and O–H groups in total. The summed E-state index contributed by atoms with van der Waals surface area (Å²) in [7, 11) is 0. The fourth-order valence-corrected chi connectivity index (χ4v) is 6.84. The zero-order valence-corrected chi connectivity index (χ0v) is 20.3. The molecule has 7 aromatic rings. The molecule has 0 amide bonds. The number of hydrogen-bond donors (Lipinski definition) is 0. The molecule has 0 aliphatic carbocycles. The Morgan fingerprint density at radius 3 is 2.24 bits per heavy atom. The molecular formula is C33H21BN2O. The van der Waals surface area contributed by atoms with Crippen LogP contribution in [0.3, 0.4) is 0 Å². The molecule has 4 heterocycles. The smallest absolute Gasteiger partial charge is 0.256 e. The first kappa shape index (κ1) is 19.5. The highest BCUT2D eigenvalue weighted by Crippen LogP contribution is 2.42. The zero-order chi connectivity index (χ0) is 24.2. The lowest BCUT2D eigenvalue weighted by atomic mass is 9.34. The van der Waals surface area contributed by atoms with Crippen LogP contribution in [-0.4, -0.2) is 15.8 Å². The van der Waals surface area contributed by atoms with Crippen LogP contribution in [0, 0.1) is 6.92 Å². The molecule has 0 unspecified atom stereocenters. The number of para-hydroxylation sites is 4. The van der Waals surface area contributed by atoms with Gasteiger partial charge in [0.15, 0.2) is 0 Å². The first-order chi connectivity index (χ1) is 18.3. The third-order valence-electron chi connectivity index (χ3n) is 8.19. The molecule has 0 spiro atoms. The lowest BCUT2D eigenvalue weighted by Gasteiger charge is -2.33. The molecule has 5 aromatic carbocycles. The number of rotatable bonds is 1. The maximum absolute atomic E-state index is 6.55. The minimum atomic E-state index is 0.141. The predicted molar refractivity (Wildman–Crippen MR) is 154 cm³/mol. The molecule has 0 saturated carbocycles. The summed E-state index contributed by atoms with van der Waals surface area (Å²) in [5.74, 6) is 1.92. The first-order valence-corrected chi connectivity index (χ1v) is 12.8. The summed E-state index contributed by atoms with van der Waals surface area (Å²) in [4.78, 5) is 0. The molecule has 9 rings (SSSR count). The number of aromatic nitrogens is 2. The molecule has 0 saturated heterocycles. The Morgan fingerprint density at radius 1 is 0.595 bits per heavy atom. The summed E-state index contributed by atoms with van der Waals surface area (Å²) in [5, 5.41) is 2.54. The van der Waals surface area contributed by atoms with E-state index in [1.807, 2.05) is 0 Å². The Balaban J connectivity index is 1.55. The van der Waals surface area contributed by atoms with Gasteiger partial charge in [-0.05, 0) is 65.3 Å². The Labute approximate surface area is 214 Å². The van der Waals surface area contributed by atoms with E-state index in [0.717, 1.165) is 11.5 Å². The fraction of sp³-hybridized carbons (Fsp3) is 0.0303. The van der Waals surface area contributed by atoms with Crippen LogP contribution in [0.4, 0.5) is 0 Å². The van der Waals surface area contributed by atoms with E-state index >= 15 is 0 Å².